The van der Waals surface area contributed by atoms with Gasteiger partial charge in [0.05, 0.1) is 4.90 Å². The van der Waals surface area contributed by atoms with Gasteiger partial charge in [0, 0.05) is 18.2 Å². The molecule has 6 heteroatoms. The van der Waals surface area contributed by atoms with E-state index < -0.39 is 10.0 Å². The second kappa shape index (κ2) is 5.40. The molecule has 1 aliphatic rings. The maximum Gasteiger partial charge on any atom is 0.240 e. The van der Waals surface area contributed by atoms with Crippen LogP contribution in [0.3, 0.4) is 0 Å². The van der Waals surface area contributed by atoms with Crippen molar-refractivity contribution in [2.75, 3.05) is 6.54 Å². The third-order valence-corrected chi connectivity index (χ3v) is 4.83. The van der Waals surface area contributed by atoms with Gasteiger partial charge in [-0.15, -0.1) is 0 Å². The average molecular weight is 282 g/mol. The van der Waals surface area contributed by atoms with Crippen LogP contribution in [-0.4, -0.2) is 26.8 Å². The predicted octanol–water partition coefficient (Wildman–Crippen LogP) is 0.905. The van der Waals surface area contributed by atoms with Crippen molar-refractivity contribution in [1.82, 2.24) is 4.72 Å². The number of benzene rings is 1. The van der Waals surface area contributed by atoms with Crippen LogP contribution in [-0.2, 0) is 10.0 Å². The summed E-state index contributed by atoms with van der Waals surface area (Å²) in [5.74, 6) is 0.269. The summed E-state index contributed by atoms with van der Waals surface area (Å²) < 4.78 is 27.0. The molecule has 0 aromatic heterocycles. The molecule has 2 rings (SSSR count). The van der Waals surface area contributed by atoms with E-state index in [0.29, 0.717) is 18.0 Å². The number of nitrogens with one attached hydrogen (secondary N) is 1. The fourth-order valence-corrected chi connectivity index (χ4v) is 3.29. The molecule has 104 valence electrons. The fraction of sp³-hybridized carbons (Fsp3) is 0.462. The summed E-state index contributed by atoms with van der Waals surface area (Å²) in [4.78, 5) is 11.3. The molecule has 0 aliphatic heterocycles. The Morgan fingerprint density at radius 1 is 1.37 bits per heavy atom. The molecule has 1 aliphatic carbocycles. The van der Waals surface area contributed by atoms with Gasteiger partial charge in [-0.25, -0.2) is 13.1 Å². The van der Waals surface area contributed by atoms with Crippen molar-refractivity contribution >= 4 is 15.8 Å². The number of nitrogens with two attached hydrogens (primary N) is 1. The Hall–Kier alpha value is -1.24. The first-order chi connectivity index (χ1) is 8.94. The third kappa shape index (κ3) is 3.40. The quantitative estimate of drug-likeness (QED) is 0.759. The summed E-state index contributed by atoms with van der Waals surface area (Å²) in [5.41, 5.74) is 6.09. The van der Waals surface area contributed by atoms with E-state index in [-0.39, 0.29) is 16.7 Å². The van der Waals surface area contributed by atoms with Crippen molar-refractivity contribution in [3.8, 4) is 0 Å². The lowest BCUT2D eigenvalue weighted by Crippen LogP contribution is -2.41. The maximum atomic E-state index is 12.2. The Bertz CT molecular complexity index is 562. The zero-order chi connectivity index (χ0) is 14.0. The third-order valence-electron chi connectivity index (χ3n) is 3.32. The van der Waals surface area contributed by atoms with E-state index in [9.17, 15) is 13.2 Å². The first-order valence-electron chi connectivity index (χ1n) is 6.27. The lowest BCUT2D eigenvalue weighted by atomic mass is 10.2. The van der Waals surface area contributed by atoms with Crippen molar-refractivity contribution < 1.29 is 13.2 Å². The average Bonchev–Trinajstić information content (AvgIpc) is 3.20. The Labute approximate surface area is 113 Å². The Morgan fingerprint density at radius 3 is 2.37 bits per heavy atom. The smallest absolute Gasteiger partial charge is 0.240 e. The summed E-state index contributed by atoms with van der Waals surface area (Å²) >= 11 is 0. The van der Waals surface area contributed by atoms with Crippen molar-refractivity contribution in [3.05, 3.63) is 29.8 Å². The normalized spacial score (nSPS) is 17.2. The summed E-state index contributed by atoms with van der Waals surface area (Å²) in [6, 6.07) is 5.73. The number of hydrogen-bond donors (Lipinski definition) is 2. The second-order valence-electron chi connectivity index (χ2n) is 4.88. The highest BCUT2D eigenvalue weighted by Crippen LogP contribution is 2.32. The highest BCUT2D eigenvalue weighted by Gasteiger charge is 2.33. The fourth-order valence-electron chi connectivity index (χ4n) is 1.97. The first-order valence-corrected chi connectivity index (χ1v) is 7.76. The molecule has 1 atom stereocenters. The van der Waals surface area contributed by atoms with Gasteiger partial charge in [0.2, 0.25) is 10.0 Å². The van der Waals surface area contributed by atoms with Gasteiger partial charge in [-0.1, -0.05) is 12.1 Å². The molecule has 0 amide bonds. The molecule has 1 aromatic rings. The minimum Gasteiger partial charge on any atom is -0.329 e. The van der Waals surface area contributed by atoms with E-state index in [1.165, 1.54) is 31.2 Å². The van der Waals surface area contributed by atoms with Crippen LogP contribution in [0.1, 0.15) is 30.1 Å². The van der Waals surface area contributed by atoms with E-state index in [0.717, 1.165) is 12.8 Å². The van der Waals surface area contributed by atoms with Crippen molar-refractivity contribution in [2.45, 2.75) is 30.7 Å². The van der Waals surface area contributed by atoms with E-state index in [1.54, 1.807) is 0 Å². The Morgan fingerprint density at radius 2 is 1.95 bits per heavy atom. The lowest BCUT2D eigenvalue weighted by Gasteiger charge is -2.16. The molecule has 0 spiro atoms. The summed E-state index contributed by atoms with van der Waals surface area (Å²) in [5, 5.41) is 0. The number of carbonyl (C=O) groups excluding carboxylic acids is 1. The van der Waals surface area contributed by atoms with Crippen molar-refractivity contribution in [3.63, 3.8) is 0 Å². The monoisotopic (exact) mass is 282 g/mol. The van der Waals surface area contributed by atoms with Gasteiger partial charge < -0.3 is 5.73 Å². The minimum absolute atomic E-state index is 0.0882. The predicted molar refractivity (Wildman–Crippen MR) is 72.3 cm³/mol. The highest BCUT2D eigenvalue weighted by atomic mass is 32.2. The van der Waals surface area contributed by atoms with Crippen LogP contribution in [0, 0.1) is 5.92 Å². The molecule has 0 saturated heterocycles. The van der Waals surface area contributed by atoms with Crippen molar-refractivity contribution in [2.24, 2.45) is 11.7 Å². The summed E-state index contributed by atoms with van der Waals surface area (Å²) in [7, 11) is -3.56. The van der Waals surface area contributed by atoms with E-state index in [4.69, 9.17) is 5.73 Å². The van der Waals surface area contributed by atoms with Crippen molar-refractivity contribution in [1.29, 1.82) is 0 Å². The molecule has 1 fully saturated rings. The van der Waals surface area contributed by atoms with Gasteiger partial charge in [0.1, 0.15) is 0 Å². The van der Waals surface area contributed by atoms with Gasteiger partial charge in [-0.3, -0.25) is 4.79 Å². The lowest BCUT2D eigenvalue weighted by molar-refractivity contribution is 0.101. The zero-order valence-corrected chi connectivity index (χ0v) is 11.6. The van der Waals surface area contributed by atoms with Crippen LogP contribution in [0.5, 0.6) is 0 Å². The van der Waals surface area contributed by atoms with Crippen LogP contribution in [0.2, 0.25) is 0 Å². The number of Topliss-reactive ketones (excluding diaryl/α,β-unsaturated/α-hetero) is 1. The molecular formula is C13H18N2O3S. The molecule has 0 radical (unpaired) electrons. The molecule has 0 unspecified atom stereocenters. The number of rotatable bonds is 6. The van der Waals surface area contributed by atoms with Crippen LogP contribution in [0.15, 0.2) is 29.2 Å². The molecule has 5 nitrogen and oxygen atoms in total. The number of hydrogen-bond acceptors (Lipinski definition) is 4. The van der Waals surface area contributed by atoms with Crippen LogP contribution < -0.4 is 10.5 Å². The number of carbonyl (C=O) groups is 1. The molecular weight excluding hydrogens is 264 g/mol. The molecule has 19 heavy (non-hydrogen) atoms. The minimum atomic E-state index is -3.56. The van der Waals surface area contributed by atoms with Crippen LogP contribution >= 0.6 is 0 Å². The highest BCUT2D eigenvalue weighted by molar-refractivity contribution is 7.89. The molecule has 0 heterocycles. The summed E-state index contributed by atoms with van der Waals surface area (Å²) in [6.45, 7) is 1.74. The molecule has 1 aromatic carbocycles. The van der Waals surface area contributed by atoms with Gasteiger partial charge in [-0.2, -0.15) is 0 Å². The van der Waals surface area contributed by atoms with Gasteiger partial charge >= 0.3 is 0 Å². The van der Waals surface area contributed by atoms with Gasteiger partial charge in [-0.05, 0) is 37.8 Å². The Kier molecular flexibility index (Phi) is 4.03. The van der Waals surface area contributed by atoms with E-state index in [1.807, 2.05) is 0 Å². The maximum absolute atomic E-state index is 12.2. The van der Waals surface area contributed by atoms with E-state index >= 15 is 0 Å². The molecule has 3 N–H and O–H groups in total. The van der Waals surface area contributed by atoms with Gasteiger partial charge in [0.15, 0.2) is 5.78 Å². The number of sulfonamides is 1. The second-order valence-corrected chi connectivity index (χ2v) is 6.60. The topological polar surface area (TPSA) is 89.3 Å². The zero-order valence-electron chi connectivity index (χ0n) is 10.8. The van der Waals surface area contributed by atoms with Crippen LogP contribution in [0.25, 0.3) is 0 Å². The first kappa shape index (κ1) is 14.2. The standard InChI is InChI=1S/C13H18N2O3S/c1-9(16)10-4-6-12(7-5-10)19(17,18)15-13(8-14)11-2-3-11/h4-7,11,13,15H,2-3,8,14H2,1H3/t13-/m1/s1. The molecule has 0 bridgehead atoms. The molecule has 1 saturated carbocycles. The largest absolute Gasteiger partial charge is 0.329 e. The van der Waals surface area contributed by atoms with Crippen LogP contribution in [0.4, 0.5) is 0 Å². The SMILES string of the molecule is CC(=O)c1ccc(S(=O)(=O)N[C@H](CN)C2CC2)cc1. The van der Waals surface area contributed by atoms with E-state index in [2.05, 4.69) is 4.72 Å². The van der Waals surface area contributed by atoms with Gasteiger partial charge in [0.25, 0.3) is 0 Å². The Balaban J connectivity index is 2.16. The number of ketones is 1. The summed E-state index contributed by atoms with van der Waals surface area (Å²) in [6.07, 6.45) is 2.04.